The molecule has 0 aliphatic carbocycles. The first-order valence-electron chi connectivity index (χ1n) is 29.7. The molecule has 4 rings (SSSR count). The van der Waals surface area contributed by atoms with Crippen LogP contribution in [-0.2, 0) is 41.4 Å². The summed E-state index contributed by atoms with van der Waals surface area (Å²) in [4.78, 5) is 90.2. The highest BCUT2D eigenvalue weighted by atomic mass is 16.6. The van der Waals surface area contributed by atoms with E-state index >= 15 is 9.59 Å². The number of carbonyl (C=O) groups excluding carboxylic acids is 6. The van der Waals surface area contributed by atoms with E-state index in [1.807, 2.05) is 139 Å². The maximum atomic E-state index is 16.7. The molecule has 19 nitrogen and oxygen atoms in total. The van der Waals surface area contributed by atoms with E-state index in [0.29, 0.717) is 55.6 Å². The van der Waals surface area contributed by atoms with Crippen LogP contribution in [0.1, 0.15) is 185 Å². The van der Waals surface area contributed by atoms with Gasteiger partial charge in [-0.15, -0.1) is 0 Å². The Hall–Kier alpha value is -7.41. The molecule has 0 saturated carbocycles. The van der Waals surface area contributed by atoms with Crippen molar-refractivity contribution in [3.05, 3.63) is 108 Å². The number of unbranched alkanes of at least 4 members (excludes halogenated alkanes) is 4. The van der Waals surface area contributed by atoms with E-state index < -0.39 is 87.7 Å². The Morgan fingerprint density at radius 2 is 1.08 bits per heavy atom. The van der Waals surface area contributed by atoms with E-state index in [-0.39, 0.29) is 44.7 Å². The van der Waals surface area contributed by atoms with E-state index in [0.717, 1.165) is 21.9 Å². The molecule has 4 atom stereocenters. The van der Waals surface area contributed by atoms with Crippen LogP contribution in [0.25, 0.3) is 10.8 Å². The number of benzene rings is 4. The average molecular weight is 1180 g/mol. The molecule has 0 aliphatic heterocycles. The lowest BCUT2D eigenvalue weighted by Crippen LogP contribution is -2.66. The fourth-order valence-corrected chi connectivity index (χ4v) is 9.37. The van der Waals surface area contributed by atoms with E-state index in [1.54, 1.807) is 62.3 Å². The molecule has 0 aromatic heterocycles. The zero-order valence-electron chi connectivity index (χ0n) is 53.4. The van der Waals surface area contributed by atoms with Crippen molar-refractivity contribution in [3.63, 3.8) is 0 Å². The lowest BCUT2D eigenvalue weighted by Gasteiger charge is -2.44. The van der Waals surface area contributed by atoms with Crippen LogP contribution in [0, 0.1) is 0 Å². The van der Waals surface area contributed by atoms with Gasteiger partial charge in [0, 0.05) is 19.5 Å². The number of nitrogens with zero attached hydrogens (tertiary/aromatic N) is 2. The van der Waals surface area contributed by atoms with E-state index in [2.05, 4.69) is 26.3 Å². The smallest absolute Gasteiger partial charge is 0.414 e. The van der Waals surface area contributed by atoms with Gasteiger partial charge in [-0.05, 0) is 207 Å². The molecule has 0 radical (unpaired) electrons. The number of ether oxygens (including phenoxy) is 5. The molecule has 0 unspecified atom stereocenters. The molecule has 468 valence electrons. The summed E-state index contributed by atoms with van der Waals surface area (Å²) in [5.41, 5.74) is 10.5. The van der Waals surface area contributed by atoms with Crippen LogP contribution in [0.4, 0.5) is 14.4 Å². The number of primary amides is 1. The first kappa shape index (κ1) is 70.1. The fraction of sp³-hybridized carbons (Fsp3) is 0.561. The maximum Gasteiger partial charge on any atom is 0.414 e. The number of rotatable bonds is 25. The molecule has 19 heteroatoms. The summed E-state index contributed by atoms with van der Waals surface area (Å²) < 4.78 is 28.6. The Labute approximate surface area is 504 Å². The van der Waals surface area contributed by atoms with Crippen molar-refractivity contribution in [3.8, 4) is 11.5 Å². The van der Waals surface area contributed by atoms with E-state index in [4.69, 9.17) is 35.2 Å². The number of hydrogen-bond donors (Lipinski definition) is 6. The minimum atomic E-state index is -1.75. The maximum absolute atomic E-state index is 16.7. The number of guanidine groups is 1. The summed E-state index contributed by atoms with van der Waals surface area (Å²) in [5, 5.41) is 13.0. The van der Waals surface area contributed by atoms with Crippen LogP contribution in [0.2, 0.25) is 0 Å². The predicted molar refractivity (Wildman–Crippen MR) is 334 cm³/mol. The van der Waals surface area contributed by atoms with Crippen LogP contribution >= 0.6 is 0 Å². The summed E-state index contributed by atoms with van der Waals surface area (Å²) in [6.45, 7) is 29.6. The van der Waals surface area contributed by atoms with Gasteiger partial charge in [0.05, 0.1) is 12.1 Å². The molecule has 0 heterocycles. The molecular formula is C66H98N8O11. The number of carbonyl (C=O) groups is 6. The largest absolute Gasteiger partial charge is 0.488 e. The normalized spacial score (nSPS) is 13.8. The quantitative estimate of drug-likeness (QED) is 0.0157. The molecular weight excluding hydrogens is 1080 g/mol. The molecule has 85 heavy (non-hydrogen) atoms. The van der Waals surface area contributed by atoms with Crippen molar-refractivity contribution in [1.29, 1.82) is 0 Å². The van der Waals surface area contributed by atoms with Crippen LogP contribution in [0.3, 0.4) is 0 Å². The minimum absolute atomic E-state index is 0.0223. The molecule has 0 bridgehead atoms. The van der Waals surface area contributed by atoms with Crippen molar-refractivity contribution in [2.24, 2.45) is 16.5 Å². The molecule has 0 fully saturated rings. The molecule has 0 spiro atoms. The highest BCUT2D eigenvalue weighted by molar-refractivity contribution is 6.01. The van der Waals surface area contributed by atoms with Gasteiger partial charge in [-0.25, -0.2) is 14.4 Å². The first-order chi connectivity index (χ1) is 39.4. The molecule has 0 aliphatic rings. The van der Waals surface area contributed by atoms with Crippen LogP contribution in [0.15, 0.2) is 96.0 Å². The Kier molecular flexibility index (Phi) is 25.2. The van der Waals surface area contributed by atoms with Crippen molar-refractivity contribution >= 4 is 52.7 Å². The van der Waals surface area contributed by atoms with Crippen molar-refractivity contribution < 1.29 is 52.5 Å². The van der Waals surface area contributed by atoms with E-state index in [9.17, 15) is 19.2 Å². The molecule has 4 aromatic rings. The number of nitrogens with one attached hydrogen (secondary N) is 4. The number of hydrogen-bond acceptors (Lipinski definition) is 13. The summed E-state index contributed by atoms with van der Waals surface area (Å²) >= 11 is 0. The summed E-state index contributed by atoms with van der Waals surface area (Å²) in [7, 11) is 0. The summed E-state index contributed by atoms with van der Waals surface area (Å²) in [5.74, 6) is -0.766. The van der Waals surface area contributed by atoms with Crippen LogP contribution < -0.4 is 42.2 Å². The lowest BCUT2D eigenvalue weighted by atomic mass is 9.82. The summed E-state index contributed by atoms with van der Waals surface area (Å²) in [6, 6.07) is 25.4. The first-order valence-corrected chi connectivity index (χ1v) is 29.7. The second-order valence-corrected chi connectivity index (χ2v) is 26.8. The highest BCUT2D eigenvalue weighted by Gasteiger charge is 2.47. The van der Waals surface area contributed by atoms with Gasteiger partial charge in [0.15, 0.2) is 0 Å². The van der Waals surface area contributed by atoms with Gasteiger partial charge in [-0.1, -0.05) is 79.9 Å². The van der Waals surface area contributed by atoms with Crippen molar-refractivity contribution in [1.82, 2.24) is 26.2 Å². The van der Waals surface area contributed by atoms with Gasteiger partial charge in [0.1, 0.15) is 51.1 Å². The Morgan fingerprint density at radius 1 is 0.576 bits per heavy atom. The summed E-state index contributed by atoms with van der Waals surface area (Å²) in [6.07, 6.45) is 0.886. The number of amides is 6. The molecule has 6 amide bonds. The monoisotopic (exact) mass is 1180 g/mol. The Balaban J connectivity index is 1.84. The Morgan fingerprint density at radius 3 is 1.60 bits per heavy atom. The number of fused-ring (bicyclic) bond motifs is 1. The third-order valence-electron chi connectivity index (χ3n) is 12.9. The third-order valence-corrected chi connectivity index (χ3v) is 12.9. The number of alkyl carbamates (subject to hydrolysis) is 3. The van der Waals surface area contributed by atoms with Gasteiger partial charge in [0.2, 0.25) is 23.7 Å². The third kappa shape index (κ3) is 25.8. The van der Waals surface area contributed by atoms with Gasteiger partial charge in [0.25, 0.3) is 0 Å². The van der Waals surface area contributed by atoms with Gasteiger partial charge >= 0.3 is 18.3 Å². The fourth-order valence-electron chi connectivity index (χ4n) is 9.37. The standard InChI is InChI=1S/C66H98N8O11/c1-44(48-33-32-47-25-19-20-26-49(47)42-48)74(53(54(68)75)27-21-24-40-70-58(78)83-63(8,9)10)56(77)66(43-46-30-36-51(37-31-46)82-62(5,6)7,73-55(76)52(67)41-45-28-34-50(35-29-45)81-61(2,3)4)38-22-17-18-23-39-69-57(71-59(79)84-64(11,12)13)72-60(80)85-65(14,15)16/h19-20,25-26,28-37,42,44,52-53H,17-18,21-24,27,38-41,43,67H2,1-16H3,(H2,68,75)(H,70,78)(H,73,76)(H2,69,71,72,79,80)/t44-,52+,53+,66+/m1/s1. The zero-order valence-corrected chi connectivity index (χ0v) is 53.4. The average Bonchev–Trinajstić information content (AvgIpc) is 3.52. The highest BCUT2D eigenvalue weighted by Crippen LogP contribution is 2.35. The second kappa shape index (κ2) is 30.6. The van der Waals surface area contributed by atoms with Gasteiger partial charge < -0.3 is 50.7 Å². The minimum Gasteiger partial charge on any atom is -0.488 e. The molecule has 0 saturated heterocycles. The Bertz CT molecular complexity index is 2840. The number of nitrogens with two attached hydrogens (primary N) is 2. The zero-order chi connectivity index (χ0) is 63.6. The van der Waals surface area contributed by atoms with Crippen LogP contribution in [-0.4, -0.2) is 106 Å². The SMILES string of the molecule is C[C@H](c1ccc2ccccc2c1)N(C(=O)[C@](CCCCCCN=C(NC(=O)OC(C)(C)C)NC(=O)OC(C)(C)C)(Cc1ccc(OC(C)(C)C)cc1)NC(=O)[C@@H](N)Cc1ccc(OC(C)(C)C)cc1)[C@@H](CCCCNC(=O)OC(C)(C)C)C(N)=O. The van der Waals surface area contributed by atoms with Crippen molar-refractivity contribution in [2.75, 3.05) is 13.1 Å². The second-order valence-electron chi connectivity index (χ2n) is 26.8. The van der Waals surface area contributed by atoms with Gasteiger partial charge in [-0.2, -0.15) is 0 Å². The van der Waals surface area contributed by atoms with E-state index in [1.165, 1.54) is 4.90 Å². The lowest BCUT2D eigenvalue weighted by molar-refractivity contribution is -0.150. The molecule has 4 aromatic carbocycles. The topological polar surface area (TPSA) is 264 Å². The predicted octanol–water partition coefficient (Wildman–Crippen LogP) is 11.7. The van der Waals surface area contributed by atoms with Gasteiger partial charge in [-0.3, -0.25) is 30.0 Å². The molecule has 8 N–H and O–H groups in total. The number of aliphatic imine (C=N–C) groups is 1. The van der Waals surface area contributed by atoms with Crippen molar-refractivity contribution in [2.45, 2.75) is 227 Å². The van der Waals surface area contributed by atoms with Crippen LogP contribution in [0.5, 0.6) is 11.5 Å².